The van der Waals surface area contributed by atoms with Gasteiger partial charge in [0.25, 0.3) is 0 Å². The number of piperidine rings is 1. The van der Waals surface area contributed by atoms with E-state index >= 15 is 0 Å². The third-order valence-electron chi connectivity index (χ3n) is 3.78. The average Bonchev–Trinajstić information content (AvgIpc) is 2.41. The number of likely N-dealkylation sites (tertiary alicyclic amines) is 1. The van der Waals surface area contributed by atoms with Gasteiger partial charge in [-0.2, -0.15) is 0 Å². The molecule has 1 unspecified atom stereocenters. The monoisotopic (exact) mass is 246 g/mol. The quantitative estimate of drug-likeness (QED) is 0.833. The minimum Gasteiger partial charge on any atom is -0.399 e. The number of nitrogens with zero attached hydrogens (tertiary/aromatic N) is 1. The van der Waals surface area contributed by atoms with Gasteiger partial charge in [0.1, 0.15) is 0 Å². The predicted molar refractivity (Wildman–Crippen MR) is 74.2 cm³/mol. The molecule has 1 aromatic carbocycles. The summed E-state index contributed by atoms with van der Waals surface area (Å²) in [6.45, 7) is 4.06. The number of nitrogens with two attached hydrogens (primary N) is 1. The predicted octanol–water partition coefficient (Wildman–Crippen LogP) is 2.46. The Hall–Kier alpha value is -1.51. The van der Waals surface area contributed by atoms with Gasteiger partial charge in [-0.15, -0.1) is 0 Å². The Kier molecular flexibility index (Phi) is 4.24. The van der Waals surface area contributed by atoms with E-state index in [1.54, 1.807) is 0 Å². The molecule has 2 rings (SSSR count). The summed E-state index contributed by atoms with van der Waals surface area (Å²) in [7, 11) is 0. The van der Waals surface area contributed by atoms with Crippen molar-refractivity contribution in [2.24, 2.45) is 5.92 Å². The van der Waals surface area contributed by atoms with E-state index in [9.17, 15) is 4.79 Å². The molecule has 0 saturated carbocycles. The molecule has 98 valence electrons. The van der Waals surface area contributed by atoms with Crippen LogP contribution in [0.15, 0.2) is 24.3 Å². The number of nitrogen functional groups attached to an aromatic ring is 1. The molecule has 1 saturated heterocycles. The Morgan fingerprint density at radius 2 is 2.11 bits per heavy atom. The van der Waals surface area contributed by atoms with Crippen molar-refractivity contribution in [2.45, 2.75) is 32.6 Å². The summed E-state index contributed by atoms with van der Waals surface area (Å²) in [4.78, 5) is 14.2. The second-order valence-corrected chi connectivity index (χ2v) is 5.17. The van der Waals surface area contributed by atoms with Crippen molar-refractivity contribution < 1.29 is 4.79 Å². The van der Waals surface area contributed by atoms with Gasteiger partial charge in [0.05, 0.1) is 6.42 Å². The van der Waals surface area contributed by atoms with E-state index < -0.39 is 0 Å². The number of amides is 1. The van der Waals surface area contributed by atoms with E-state index in [0.29, 0.717) is 12.3 Å². The van der Waals surface area contributed by atoms with Crippen LogP contribution >= 0.6 is 0 Å². The SMILES string of the molecule is CCC1CCCN(C(=O)Cc2ccc(N)cc2)C1. The number of carbonyl (C=O) groups is 1. The molecule has 1 atom stereocenters. The lowest BCUT2D eigenvalue weighted by Crippen LogP contribution is -2.40. The van der Waals surface area contributed by atoms with Crippen LogP contribution < -0.4 is 5.73 Å². The maximum atomic E-state index is 12.2. The lowest BCUT2D eigenvalue weighted by Gasteiger charge is -2.32. The Labute approximate surface area is 109 Å². The minimum absolute atomic E-state index is 0.248. The van der Waals surface area contributed by atoms with E-state index in [4.69, 9.17) is 5.73 Å². The molecule has 0 aromatic heterocycles. The molecule has 0 aliphatic carbocycles. The van der Waals surface area contributed by atoms with Crippen LogP contribution in [-0.2, 0) is 11.2 Å². The first-order valence-corrected chi connectivity index (χ1v) is 6.81. The molecule has 1 amide bonds. The zero-order valence-electron chi connectivity index (χ0n) is 11.1. The van der Waals surface area contributed by atoms with Gasteiger partial charge >= 0.3 is 0 Å². The molecule has 0 bridgehead atoms. The van der Waals surface area contributed by atoms with E-state index in [2.05, 4.69) is 6.92 Å². The highest BCUT2D eigenvalue weighted by atomic mass is 16.2. The number of anilines is 1. The van der Waals surface area contributed by atoms with Crippen molar-refractivity contribution in [2.75, 3.05) is 18.8 Å². The van der Waals surface area contributed by atoms with Crippen molar-refractivity contribution in [3.63, 3.8) is 0 Å². The molecule has 2 N–H and O–H groups in total. The maximum Gasteiger partial charge on any atom is 0.226 e. The van der Waals surface area contributed by atoms with Gasteiger partial charge in [0.2, 0.25) is 5.91 Å². The van der Waals surface area contributed by atoms with Gasteiger partial charge in [-0.05, 0) is 36.5 Å². The van der Waals surface area contributed by atoms with Gasteiger partial charge < -0.3 is 10.6 Å². The second-order valence-electron chi connectivity index (χ2n) is 5.17. The molecule has 1 aliphatic heterocycles. The molecule has 1 fully saturated rings. The minimum atomic E-state index is 0.248. The molecule has 1 aromatic rings. The van der Waals surface area contributed by atoms with Crippen LogP contribution in [0.3, 0.4) is 0 Å². The smallest absolute Gasteiger partial charge is 0.226 e. The summed E-state index contributed by atoms with van der Waals surface area (Å²) in [5, 5.41) is 0. The van der Waals surface area contributed by atoms with Gasteiger partial charge in [-0.3, -0.25) is 4.79 Å². The first-order valence-electron chi connectivity index (χ1n) is 6.81. The van der Waals surface area contributed by atoms with Crippen molar-refractivity contribution in [3.8, 4) is 0 Å². The highest BCUT2D eigenvalue weighted by molar-refractivity contribution is 5.79. The Balaban J connectivity index is 1.93. The zero-order chi connectivity index (χ0) is 13.0. The largest absolute Gasteiger partial charge is 0.399 e. The maximum absolute atomic E-state index is 12.2. The molecular formula is C15H22N2O. The van der Waals surface area contributed by atoms with Crippen molar-refractivity contribution in [1.82, 2.24) is 4.90 Å². The van der Waals surface area contributed by atoms with Gasteiger partial charge in [0, 0.05) is 18.8 Å². The molecule has 1 aliphatic rings. The zero-order valence-corrected chi connectivity index (χ0v) is 11.1. The fourth-order valence-electron chi connectivity index (χ4n) is 2.55. The Morgan fingerprint density at radius 1 is 1.39 bits per heavy atom. The molecular weight excluding hydrogens is 224 g/mol. The summed E-state index contributed by atoms with van der Waals surface area (Å²) < 4.78 is 0. The first kappa shape index (κ1) is 12.9. The fourth-order valence-corrected chi connectivity index (χ4v) is 2.55. The summed E-state index contributed by atoms with van der Waals surface area (Å²) in [6.07, 6.45) is 4.08. The van der Waals surface area contributed by atoms with Crippen LogP contribution in [-0.4, -0.2) is 23.9 Å². The van der Waals surface area contributed by atoms with Crippen LogP contribution in [0, 0.1) is 5.92 Å². The van der Waals surface area contributed by atoms with E-state index in [1.807, 2.05) is 29.2 Å². The average molecular weight is 246 g/mol. The molecule has 18 heavy (non-hydrogen) atoms. The number of benzene rings is 1. The first-order chi connectivity index (χ1) is 8.69. The molecule has 3 heteroatoms. The lowest BCUT2D eigenvalue weighted by molar-refractivity contribution is -0.132. The lowest BCUT2D eigenvalue weighted by atomic mass is 9.95. The summed E-state index contributed by atoms with van der Waals surface area (Å²) in [5.74, 6) is 0.937. The molecule has 3 nitrogen and oxygen atoms in total. The van der Waals surface area contributed by atoms with E-state index in [0.717, 1.165) is 30.8 Å². The highest BCUT2D eigenvalue weighted by Crippen LogP contribution is 2.20. The number of hydrogen-bond acceptors (Lipinski definition) is 2. The normalized spacial score (nSPS) is 19.8. The van der Waals surface area contributed by atoms with E-state index in [-0.39, 0.29) is 5.91 Å². The van der Waals surface area contributed by atoms with Crippen LogP contribution in [0.2, 0.25) is 0 Å². The fraction of sp³-hybridized carbons (Fsp3) is 0.533. The van der Waals surface area contributed by atoms with Crippen LogP contribution in [0.4, 0.5) is 5.69 Å². The third kappa shape index (κ3) is 3.25. The highest BCUT2D eigenvalue weighted by Gasteiger charge is 2.22. The van der Waals surface area contributed by atoms with Crippen molar-refractivity contribution in [3.05, 3.63) is 29.8 Å². The molecule has 1 heterocycles. The standard InChI is InChI=1S/C15H22N2O/c1-2-12-4-3-9-17(11-12)15(18)10-13-5-7-14(16)8-6-13/h5-8,12H,2-4,9-11,16H2,1H3. The Bertz CT molecular complexity index is 399. The van der Waals surface area contributed by atoms with Crippen LogP contribution in [0.5, 0.6) is 0 Å². The Morgan fingerprint density at radius 3 is 2.78 bits per heavy atom. The number of hydrogen-bond donors (Lipinski definition) is 1. The van der Waals surface area contributed by atoms with Gasteiger partial charge in [0.15, 0.2) is 0 Å². The third-order valence-corrected chi connectivity index (χ3v) is 3.78. The van der Waals surface area contributed by atoms with Gasteiger partial charge in [-0.25, -0.2) is 0 Å². The number of carbonyl (C=O) groups excluding carboxylic acids is 1. The van der Waals surface area contributed by atoms with Crippen LogP contribution in [0.1, 0.15) is 31.7 Å². The van der Waals surface area contributed by atoms with E-state index in [1.165, 1.54) is 12.8 Å². The molecule has 0 spiro atoms. The van der Waals surface area contributed by atoms with Crippen molar-refractivity contribution in [1.29, 1.82) is 0 Å². The summed E-state index contributed by atoms with van der Waals surface area (Å²) in [5.41, 5.74) is 7.44. The van der Waals surface area contributed by atoms with Crippen LogP contribution in [0.25, 0.3) is 0 Å². The summed E-state index contributed by atoms with van der Waals surface area (Å²) >= 11 is 0. The van der Waals surface area contributed by atoms with Gasteiger partial charge in [-0.1, -0.05) is 25.5 Å². The van der Waals surface area contributed by atoms with Crippen molar-refractivity contribution >= 4 is 11.6 Å². The molecule has 0 radical (unpaired) electrons. The second kappa shape index (κ2) is 5.89. The summed E-state index contributed by atoms with van der Waals surface area (Å²) in [6, 6.07) is 7.59. The topological polar surface area (TPSA) is 46.3 Å². The number of rotatable bonds is 3.